The molecule has 1 aromatic rings. The molecule has 0 aromatic heterocycles. The molecular formula is C15H25N3O. The van der Waals surface area contributed by atoms with E-state index in [0.29, 0.717) is 0 Å². The van der Waals surface area contributed by atoms with Crippen LogP contribution in [0, 0.1) is 0 Å². The number of nitrogens with zero attached hydrogens (tertiary/aromatic N) is 2. The van der Waals surface area contributed by atoms with Crippen molar-refractivity contribution < 1.29 is 4.74 Å². The van der Waals surface area contributed by atoms with Gasteiger partial charge in [0.2, 0.25) is 0 Å². The lowest BCUT2D eigenvalue weighted by atomic mass is 10.2. The van der Waals surface area contributed by atoms with Gasteiger partial charge in [0.15, 0.2) is 0 Å². The summed E-state index contributed by atoms with van der Waals surface area (Å²) in [4.78, 5) is 4.92. The Bertz CT molecular complexity index is 375. The zero-order valence-electron chi connectivity index (χ0n) is 12.1. The summed E-state index contributed by atoms with van der Waals surface area (Å²) in [5, 5.41) is 3.50. The van der Waals surface area contributed by atoms with Gasteiger partial charge in [-0.1, -0.05) is 12.1 Å². The van der Waals surface area contributed by atoms with Gasteiger partial charge < -0.3 is 15.0 Å². The molecule has 1 aromatic carbocycles. The third kappa shape index (κ3) is 4.82. The number of ether oxygens (including phenoxy) is 1. The molecule has 0 spiro atoms. The molecule has 1 aliphatic rings. The lowest BCUT2D eigenvalue weighted by Gasteiger charge is -2.32. The molecule has 0 aliphatic carbocycles. The number of hydrogen-bond acceptors (Lipinski definition) is 4. The van der Waals surface area contributed by atoms with Crippen molar-refractivity contribution in [1.82, 2.24) is 15.1 Å². The van der Waals surface area contributed by atoms with Crippen LogP contribution in [0.5, 0.6) is 5.75 Å². The van der Waals surface area contributed by atoms with Crippen molar-refractivity contribution in [2.24, 2.45) is 0 Å². The summed E-state index contributed by atoms with van der Waals surface area (Å²) in [6, 6.07) is 8.23. The molecule has 0 bridgehead atoms. The van der Waals surface area contributed by atoms with Crippen LogP contribution in [0.2, 0.25) is 0 Å². The number of hydrogen-bond donors (Lipinski definition) is 1. The summed E-state index contributed by atoms with van der Waals surface area (Å²) in [5.41, 5.74) is 1.28. The molecule has 106 valence electrons. The minimum absolute atomic E-state index is 0.908. The van der Waals surface area contributed by atoms with Crippen molar-refractivity contribution in [1.29, 1.82) is 0 Å². The molecule has 1 heterocycles. The second kappa shape index (κ2) is 7.48. The van der Waals surface area contributed by atoms with Gasteiger partial charge in [-0.05, 0) is 24.7 Å². The first-order chi connectivity index (χ1) is 9.28. The van der Waals surface area contributed by atoms with Crippen LogP contribution in [0.15, 0.2) is 24.3 Å². The molecule has 0 unspecified atom stereocenters. The van der Waals surface area contributed by atoms with Crippen LogP contribution >= 0.6 is 0 Å². The normalized spacial score (nSPS) is 17.6. The SMILES string of the molecule is COc1cccc(CNCCN2CCN(C)CC2)c1. The van der Waals surface area contributed by atoms with Gasteiger partial charge in [0.05, 0.1) is 7.11 Å². The summed E-state index contributed by atoms with van der Waals surface area (Å²) >= 11 is 0. The van der Waals surface area contributed by atoms with Crippen LogP contribution in [-0.4, -0.2) is 63.2 Å². The van der Waals surface area contributed by atoms with Crippen molar-refractivity contribution in [2.75, 3.05) is 53.4 Å². The quantitative estimate of drug-likeness (QED) is 0.776. The minimum atomic E-state index is 0.908. The fourth-order valence-electron chi connectivity index (χ4n) is 2.32. The number of nitrogens with one attached hydrogen (secondary N) is 1. The number of rotatable bonds is 6. The zero-order valence-corrected chi connectivity index (χ0v) is 12.1. The first-order valence-electron chi connectivity index (χ1n) is 7.02. The predicted octanol–water partition coefficient (Wildman–Crippen LogP) is 1.03. The van der Waals surface area contributed by atoms with E-state index >= 15 is 0 Å². The van der Waals surface area contributed by atoms with Crippen LogP contribution in [0.1, 0.15) is 5.56 Å². The Morgan fingerprint density at radius 2 is 2.00 bits per heavy atom. The zero-order chi connectivity index (χ0) is 13.5. The van der Waals surface area contributed by atoms with Crippen LogP contribution in [0.3, 0.4) is 0 Å². The van der Waals surface area contributed by atoms with Crippen LogP contribution < -0.4 is 10.1 Å². The summed E-state index contributed by atoms with van der Waals surface area (Å²) in [5.74, 6) is 0.929. The van der Waals surface area contributed by atoms with Crippen LogP contribution in [-0.2, 0) is 6.54 Å². The summed E-state index contributed by atoms with van der Waals surface area (Å²) in [6.07, 6.45) is 0. The number of piperazine rings is 1. The maximum atomic E-state index is 5.23. The standard InChI is InChI=1S/C15H25N3O/c1-17-8-10-18(11-9-17)7-6-16-13-14-4-3-5-15(12-14)19-2/h3-5,12,16H,6-11,13H2,1-2H3. The Labute approximate surface area is 116 Å². The second-order valence-corrected chi connectivity index (χ2v) is 5.17. The molecule has 1 fully saturated rings. The van der Waals surface area contributed by atoms with Crippen molar-refractivity contribution in [2.45, 2.75) is 6.54 Å². The van der Waals surface area contributed by atoms with Gasteiger partial charge in [-0.3, -0.25) is 4.90 Å². The molecule has 4 heteroatoms. The summed E-state index contributed by atoms with van der Waals surface area (Å²) in [7, 11) is 3.90. The van der Waals surface area contributed by atoms with E-state index in [9.17, 15) is 0 Å². The maximum Gasteiger partial charge on any atom is 0.119 e. The molecule has 1 aliphatic heterocycles. The van der Waals surface area contributed by atoms with E-state index in [2.05, 4.69) is 34.3 Å². The van der Waals surface area contributed by atoms with E-state index in [-0.39, 0.29) is 0 Å². The second-order valence-electron chi connectivity index (χ2n) is 5.17. The number of methoxy groups -OCH3 is 1. The molecule has 1 N–H and O–H groups in total. The average molecular weight is 263 g/mol. The highest BCUT2D eigenvalue weighted by Crippen LogP contribution is 2.11. The topological polar surface area (TPSA) is 27.7 Å². The monoisotopic (exact) mass is 263 g/mol. The van der Waals surface area contributed by atoms with Gasteiger partial charge in [-0.15, -0.1) is 0 Å². The van der Waals surface area contributed by atoms with Crippen molar-refractivity contribution in [3.63, 3.8) is 0 Å². The molecule has 1 saturated heterocycles. The Morgan fingerprint density at radius 1 is 1.21 bits per heavy atom. The van der Waals surface area contributed by atoms with Gasteiger partial charge in [0.1, 0.15) is 5.75 Å². The fourth-order valence-corrected chi connectivity index (χ4v) is 2.32. The lowest BCUT2D eigenvalue weighted by molar-refractivity contribution is 0.154. The summed E-state index contributed by atoms with van der Waals surface area (Å²) < 4.78 is 5.23. The molecule has 2 rings (SSSR count). The Morgan fingerprint density at radius 3 is 2.74 bits per heavy atom. The molecule has 19 heavy (non-hydrogen) atoms. The van der Waals surface area contributed by atoms with Gasteiger partial charge in [0, 0.05) is 45.8 Å². The highest BCUT2D eigenvalue weighted by atomic mass is 16.5. The highest BCUT2D eigenvalue weighted by Gasteiger charge is 2.12. The third-order valence-corrected chi connectivity index (χ3v) is 3.66. The summed E-state index contributed by atoms with van der Waals surface area (Å²) in [6.45, 7) is 7.85. The first-order valence-corrected chi connectivity index (χ1v) is 7.02. The van der Waals surface area contributed by atoms with Crippen molar-refractivity contribution in [3.05, 3.63) is 29.8 Å². The fraction of sp³-hybridized carbons (Fsp3) is 0.600. The molecule has 0 saturated carbocycles. The number of benzene rings is 1. The maximum absolute atomic E-state index is 5.23. The highest BCUT2D eigenvalue weighted by molar-refractivity contribution is 5.28. The largest absolute Gasteiger partial charge is 0.497 e. The van der Waals surface area contributed by atoms with E-state index < -0.39 is 0 Å². The van der Waals surface area contributed by atoms with E-state index in [1.165, 1.54) is 31.7 Å². The van der Waals surface area contributed by atoms with Crippen molar-refractivity contribution >= 4 is 0 Å². The number of likely N-dealkylation sites (N-methyl/N-ethyl adjacent to an activating group) is 1. The Balaban J connectivity index is 1.63. The third-order valence-electron chi connectivity index (χ3n) is 3.66. The van der Waals surface area contributed by atoms with E-state index in [1.54, 1.807) is 7.11 Å². The van der Waals surface area contributed by atoms with E-state index in [0.717, 1.165) is 25.4 Å². The predicted molar refractivity (Wildman–Crippen MR) is 78.6 cm³/mol. The first kappa shape index (κ1) is 14.3. The molecule has 0 amide bonds. The minimum Gasteiger partial charge on any atom is -0.497 e. The smallest absolute Gasteiger partial charge is 0.119 e. The van der Waals surface area contributed by atoms with Crippen LogP contribution in [0.4, 0.5) is 0 Å². The Kier molecular flexibility index (Phi) is 5.63. The molecule has 0 radical (unpaired) electrons. The van der Waals surface area contributed by atoms with Gasteiger partial charge >= 0.3 is 0 Å². The van der Waals surface area contributed by atoms with Gasteiger partial charge in [-0.2, -0.15) is 0 Å². The molecule has 0 atom stereocenters. The molecular weight excluding hydrogens is 238 g/mol. The lowest BCUT2D eigenvalue weighted by Crippen LogP contribution is -2.46. The van der Waals surface area contributed by atoms with Gasteiger partial charge in [-0.25, -0.2) is 0 Å². The van der Waals surface area contributed by atoms with Crippen LogP contribution in [0.25, 0.3) is 0 Å². The van der Waals surface area contributed by atoms with E-state index in [4.69, 9.17) is 4.74 Å². The molecule has 4 nitrogen and oxygen atoms in total. The van der Waals surface area contributed by atoms with Crippen molar-refractivity contribution in [3.8, 4) is 5.75 Å². The Hall–Kier alpha value is -1.10. The van der Waals surface area contributed by atoms with Gasteiger partial charge in [0.25, 0.3) is 0 Å². The van der Waals surface area contributed by atoms with E-state index in [1.807, 2.05) is 12.1 Å². The average Bonchev–Trinajstić information content (AvgIpc) is 2.46.